The molecule has 2 aromatic heterocycles. The molecule has 0 N–H and O–H groups in total. The van der Waals surface area contributed by atoms with E-state index in [4.69, 9.17) is 11.6 Å². The molecule has 2 heterocycles. The van der Waals surface area contributed by atoms with Crippen molar-refractivity contribution < 1.29 is 0 Å². The molecule has 0 aliphatic heterocycles. The molecule has 2 rings (SSSR count). The van der Waals surface area contributed by atoms with E-state index in [0.717, 1.165) is 24.4 Å². The fraction of sp³-hybridized carbons (Fsp3) is 0.500. The summed E-state index contributed by atoms with van der Waals surface area (Å²) in [5, 5.41) is 9.32. The monoisotopic (exact) mass is 252 g/mol. The minimum atomic E-state index is 0.649. The maximum atomic E-state index is 6.17. The van der Waals surface area contributed by atoms with E-state index in [0.29, 0.717) is 11.1 Å². The summed E-state index contributed by atoms with van der Waals surface area (Å²) in [7, 11) is 1.90. The largest absolute Gasteiger partial charge is 0.266 e. The van der Waals surface area contributed by atoms with E-state index in [-0.39, 0.29) is 0 Å². The van der Waals surface area contributed by atoms with Gasteiger partial charge in [-0.3, -0.25) is 9.36 Å². The van der Waals surface area contributed by atoms with Crippen LogP contribution in [0.3, 0.4) is 0 Å². The lowest BCUT2D eigenvalue weighted by atomic mass is 10.1. The Labute approximate surface area is 106 Å². The predicted molar refractivity (Wildman–Crippen MR) is 68.9 cm³/mol. The zero-order valence-electron chi connectivity index (χ0n) is 10.4. The van der Waals surface area contributed by atoms with E-state index in [1.54, 1.807) is 10.9 Å². The Morgan fingerprint density at radius 1 is 1.41 bits per heavy atom. The highest BCUT2D eigenvalue weighted by atomic mass is 35.5. The first-order valence-corrected chi connectivity index (χ1v) is 6.17. The average molecular weight is 253 g/mol. The Kier molecular flexibility index (Phi) is 3.52. The van der Waals surface area contributed by atoms with Crippen LogP contribution in [0, 0.1) is 5.92 Å². The van der Waals surface area contributed by atoms with Crippen LogP contribution in [-0.4, -0.2) is 19.6 Å². The Bertz CT molecular complexity index is 498. The number of hydrogen-bond donors (Lipinski definition) is 0. The molecule has 17 heavy (non-hydrogen) atoms. The summed E-state index contributed by atoms with van der Waals surface area (Å²) in [5.41, 5.74) is 1.86. The van der Waals surface area contributed by atoms with Gasteiger partial charge in [0.15, 0.2) is 0 Å². The molecule has 0 amide bonds. The second-order valence-corrected chi connectivity index (χ2v) is 4.99. The topological polar surface area (TPSA) is 35.6 Å². The molecule has 2 aromatic rings. The van der Waals surface area contributed by atoms with Crippen molar-refractivity contribution in [1.29, 1.82) is 0 Å². The van der Waals surface area contributed by atoms with Crippen LogP contribution in [0.25, 0.3) is 11.4 Å². The first-order valence-electron chi connectivity index (χ1n) is 5.79. The van der Waals surface area contributed by atoms with Crippen LogP contribution in [0.15, 0.2) is 18.3 Å². The standard InChI is InChI=1S/C12H17ClN4/c1-9(2)5-7-17-12(13)8-10(15-17)11-4-6-14-16(11)3/h4,6,8-9H,5,7H2,1-3H3. The first kappa shape index (κ1) is 12.2. The number of aromatic nitrogens is 4. The Morgan fingerprint density at radius 2 is 2.18 bits per heavy atom. The zero-order chi connectivity index (χ0) is 12.4. The molecule has 0 aromatic carbocycles. The van der Waals surface area contributed by atoms with E-state index in [1.165, 1.54) is 0 Å². The molecule has 0 fully saturated rings. The summed E-state index contributed by atoms with van der Waals surface area (Å²) >= 11 is 6.17. The fourth-order valence-electron chi connectivity index (χ4n) is 1.68. The van der Waals surface area contributed by atoms with Gasteiger partial charge in [-0.15, -0.1) is 0 Å². The van der Waals surface area contributed by atoms with Crippen LogP contribution in [-0.2, 0) is 13.6 Å². The quantitative estimate of drug-likeness (QED) is 0.839. The molecule has 0 saturated carbocycles. The summed E-state index contributed by atoms with van der Waals surface area (Å²) < 4.78 is 3.65. The van der Waals surface area contributed by atoms with Gasteiger partial charge in [-0.2, -0.15) is 10.2 Å². The minimum Gasteiger partial charge on any atom is -0.266 e. The number of nitrogens with zero attached hydrogens (tertiary/aromatic N) is 4. The fourth-order valence-corrected chi connectivity index (χ4v) is 1.91. The molecular weight excluding hydrogens is 236 g/mol. The summed E-state index contributed by atoms with van der Waals surface area (Å²) in [5.74, 6) is 0.649. The van der Waals surface area contributed by atoms with Crippen molar-refractivity contribution in [2.24, 2.45) is 13.0 Å². The van der Waals surface area contributed by atoms with Gasteiger partial charge in [-0.05, 0) is 18.4 Å². The summed E-state index contributed by atoms with van der Waals surface area (Å²) in [6.07, 6.45) is 2.84. The minimum absolute atomic E-state index is 0.649. The van der Waals surface area contributed by atoms with Crippen molar-refractivity contribution in [2.45, 2.75) is 26.8 Å². The van der Waals surface area contributed by atoms with Crippen LogP contribution in [0.4, 0.5) is 0 Å². The molecule has 0 atom stereocenters. The predicted octanol–water partition coefficient (Wildman–Crippen LogP) is 2.98. The molecule has 0 saturated heterocycles. The van der Waals surface area contributed by atoms with Gasteiger partial charge in [-0.1, -0.05) is 25.4 Å². The highest BCUT2D eigenvalue weighted by Gasteiger charge is 2.10. The summed E-state index contributed by atoms with van der Waals surface area (Å²) in [6, 6.07) is 3.82. The van der Waals surface area contributed by atoms with Gasteiger partial charge in [0.1, 0.15) is 10.8 Å². The van der Waals surface area contributed by atoms with Crippen LogP contribution in [0.5, 0.6) is 0 Å². The number of hydrogen-bond acceptors (Lipinski definition) is 2. The lowest BCUT2D eigenvalue weighted by molar-refractivity contribution is 0.488. The van der Waals surface area contributed by atoms with Gasteiger partial charge in [0.2, 0.25) is 0 Å². The number of aryl methyl sites for hydroxylation is 2. The second-order valence-electron chi connectivity index (χ2n) is 4.60. The van der Waals surface area contributed by atoms with Crippen molar-refractivity contribution in [1.82, 2.24) is 19.6 Å². The highest BCUT2D eigenvalue weighted by molar-refractivity contribution is 6.29. The molecule has 0 unspecified atom stereocenters. The summed E-state index contributed by atoms with van der Waals surface area (Å²) in [6.45, 7) is 5.24. The molecule has 0 bridgehead atoms. The van der Waals surface area contributed by atoms with Crippen LogP contribution >= 0.6 is 11.6 Å². The molecule has 92 valence electrons. The van der Waals surface area contributed by atoms with Gasteiger partial charge < -0.3 is 0 Å². The van der Waals surface area contributed by atoms with Gasteiger partial charge in [0, 0.05) is 25.9 Å². The molecule has 0 aliphatic carbocycles. The SMILES string of the molecule is CC(C)CCn1nc(-c2ccnn2C)cc1Cl. The van der Waals surface area contributed by atoms with E-state index >= 15 is 0 Å². The third-order valence-electron chi connectivity index (χ3n) is 2.73. The second kappa shape index (κ2) is 4.92. The number of halogens is 1. The smallest absolute Gasteiger partial charge is 0.127 e. The third kappa shape index (κ3) is 2.69. The van der Waals surface area contributed by atoms with Crippen molar-refractivity contribution in [3.05, 3.63) is 23.5 Å². The molecule has 0 aliphatic rings. The molecule has 5 heteroatoms. The van der Waals surface area contributed by atoms with E-state index in [1.807, 2.05) is 23.9 Å². The van der Waals surface area contributed by atoms with Crippen molar-refractivity contribution >= 4 is 11.6 Å². The normalized spacial score (nSPS) is 11.4. The Hall–Kier alpha value is -1.29. The van der Waals surface area contributed by atoms with Gasteiger partial charge in [-0.25, -0.2) is 0 Å². The maximum absolute atomic E-state index is 6.17. The zero-order valence-corrected chi connectivity index (χ0v) is 11.1. The van der Waals surface area contributed by atoms with Crippen molar-refractivity contribution in [2.75, 3.05) is 0 Å². The van der Waals surface area contributed by atoms with E-state index < -0.39 is 0 Å². The van der Waals surface area contributed by atoms with Gasteiger partial charge >= 0.3 is 0 Å². The van der Waals surface area contributed by atoms with Crippen molar-refractivity contribution in [3.8, 4) is 11.4 Å². The lowest BCUT2D eigenvalue weighted by Crippen LogP contribution is -2.03. The molecule has 0 radical (unpaired) electrons. The molecule has 0 spiro atoms. The molecule has 4 nitrogen and oxygen atoms in total. The lowest BCUT2D eigenvalue weighted by Gasteiger charge is -2.05. The van der Waals surface area contributed by atoms with Crippen LogP contribution < -0.4 is 0 Å². The van der Waals surface area contributed by atoms with Gasteiger partial charge in [0.05, 0.1) is 5.69 Å². The number of rotatable bonds is 4. The first-order chi connectivity index (χ1) is 8.08. The molecular formula is C12H17ClN4. The maximum Gasteiger partial charge on any atom is 0.127 e. The third-order valence-corrected chi connectivity index (χ3v) is 3.04. The highest BCUT2D eigenvalue weighted by Crippen LogP contribution is 2.21. The van der Waals surface area contributed by atoms with E-state index in [9.17, 15) is 0 Å². The summed E-state index contributed by atoms with van der Waals surface area (Å²) in [4.78, 5) is 0. The Balaban J connectivity index is 2.22. The average Bonchev–Trinajstić information content (AvgIpc) is 2.82. The van der Waals surface area contributed by atoms with Crippen LogP contribution in [0.1, 0.15) is 20.3 Å². The Morgan fingerprint density at radius 3 is 2.76 bits per heavy atom. The van der Waals surface area contributed by atoms with Crippen LogP contribution in [0.2, 0.25) is 5.15 Å². The van der Waals surface area contributed by atoms with E-state index in [2.05, 4.69) is 24.0 Å². The van der Waals surface area contributed by atoms with Gasteiger partial charge in [0.25, 0.3) is 0 Å². The van der Waals surface area contributed by atoms with Crippen molar-refractivity contribution in [3.63, 3.8) is 0 Å².